The van der Waals surface area contributed by atoms with Gasteiger partial charge >= 0.3 is 0 Å². The van der Waals surface area contributed by atoms with Crippen molar-refractivity contribution in [2.45, 2.75) is 25.7 Å². The van der Waals surface area contributed by atoms with Crippen molar-refractivity contribution in [3.8, 4) is 0 Å². The molecule has 1 fully saturated rings. The Bertz CT molecular complexity index is 290. The lowest BCUT2D eigenvalue weighted by molar-refractivity contribution is -0.115. The molecule has 0 amide bonds. The Morgan fingerprint density at radius 1 is 1.29 bits per heavy atom. The largest absolute Gasteiger partial charge is 0.393 e. The number of ketones is 1. The van der Waals surface area contributed by atoms with E-state index in [1.165, 1.54) is 6.08 Å². The average molecular weight is 193 g/mol. The molecule has 0 spiro atoms. The number of nitrogens with one attached hydrogen (secondary N) is 1. The second-order valence-electron chi connectivity index (χ2n) is 3.30. The smallest absolute Gasteiger partial charge is 0.164 e. The Labute approximate surface area is 83.9 Å². The molecule has 0 unspecified atom stereocenters. The SMILES string of the molecule is CN/C=C1/C(=O)CCCC/C1=C/C=O. The number of allylic oxidation sites excluding steroid dienone is 3. The predicted octanol–water partition coefficient (Wildman–Crippen LogP) is 1.36. The third-order valence-electron chi connectivity index (χ3n) is 2.30. The van der Waals surface area contributed by atoms with Crippen molar-refractivity contribution in [3.05, 3.63) is 23.4 Å². The molecule has 0 aromatic heterocycles. The van der Waals surface area contributed by atoms with Crippen LogP contribution in [0.4, 0.5) is 0 Å². The van der Waals surface area contributed by atoms with Crippen molar-refractivity contribution < 1.29 is 9.59 Å². The predicted molar refractivity (Wildman–Crippen MR) is 54.8 cm³/mol. The van der Waals surface area contributed by atoms with Crippen LogP contribution in [0, 0.1) is 0 Å². The summed E-state index contributed by atoms with van der Waals surface area (Å²) in [5.74, 6) is 0.130. The number of aldehydes is 1. The van der Waals surface area contributed by atoms with E-state index in [1.54, 1.807) is 13.2 Å². The number of hydrogen-bond donors (Lipinski definition) is 1. The van der Waals surface area contributed by atoms with Crippen molar-refractivity contribution in [1.29, 1.82) is 0 Å². The first-order valence-electron chi connectivity index (χ1n) is 4.85. The molecular formula is C11H15NO2. The molecule has 3 heteroatoms. The van der Waals surface area contributed by atoms with Gasteiger partial charge in [0.05, 0.1) is 0 Å². The molecule has 0 atom stereocenters. The Balaban J connectivity index is 2.98. The Hall–Kier alpha value is -1.38. The summed E-state index contributed by atoms with van der Waals surface area (Å²) < 4.78 is 0. The van der Waals surface area contributed by atoms with E-state index in [0.717, 1.165) is 31.1 Å². The Morgan fingerprint density at radius 2 is 2.00 bits per heavy atom. The maximum absolute atomic E-state index is 11.6. The molecular weight excluding hydrogens is 178 g/mol. The monoisotopic (exact) mass is 193 g/mol. The quantitative estimate of drug-likeness (QED) is 0.409. The third-order valence-corrected chi connectivity index (χ3v) is 2.30. The van der Waals surface area contributed by atoms with Gasteiger partial charge in [-0.15, -0.1) is 0 Å². The molecule has 1 saturated carbocycles. The molecule has 3 nitrogen and oxygen atoms in total. The standard InChI is InChI=1S/C11H15NO2/c1-12-8-10-9(6-7-13)4-2-3-5-11(10)14/h6-8,12H,2-5H2,1H3/b9-6-,10-8+. The zero-order valence-electron chi connectivity index (χ0n) is 8.38. The Morgan fingerprint density at radius 3 is 2.64 bits per heavy atom. The van der Waals surface area contributed by atoms with Crippen molar-refractivity contribution in [1.82, 2.24) is 5.32 Å². The summed E-state index contributed by atoms with van der Waals surface area (Å²) in [6.45, 7) is 0. The highest BCUT2D eigenvalue weighted by molar-refractivity contribution is 6.00. The van der Waals surface area contributed by atoms with Gasteiger partial charge < -0.3 is 5.32 Å². The van der Waals surface area contributed by atoms with Gasteiger partial charge in [0, 0.05) is 25.2 Å². The summed E-state index contributed by atoms with van der Waals surface area (Å²) in [5, 5.41) is 2.84. The molecule has 0 heterocycles. The lowest BCUT2D eigenvalue weighted by Crippen LogP contribution is -2.07. The van der Waals surface area contributed by atoms with Crippen LogP contribution in [0.3, 0.4) is 0 Å². The van der Waals surface area contributed by atoms with Crippen LogP contribution >= 0.6 is 0 Å². The summed E-state index contributed by atoms with van der Waals surface area (Å²) in [7, 11) is 1.75. The van der Waals surface area contributed by atoms with Gasteiger partial charge in [-0.25, -0.2) is 0 Å². The summed E-state index contributed by atoms with van der Waals surface area (Å²) >= 11 is 0. The van der Waals surface area contributed by atoms with Gasteiger partial charge in [-0.3, -0.25) is 9.59 Å². The first kappa shape index (κ1) is 10.7. The van der Waals surface area contributed by atoms with E-state index in [0.29, 0.717) is 12.0 Å². The van der Waals surface area contributed by atoms with Crippen molar-refractivity contribution in [3.63, 3.8) is 0 Å². The van der Waals surface area contributed by atoms with Gasteiger partial charge in [-0.2, -0.15) is 0 Å². The molecule has 1 aliphatic carbocycles. The van der Waals surface area contributed by atoms with E-state index in [2.05, 4.69) is 5.32 Å². The fourth-order valence-corrected chi connectivity index (χ4v) is 1.62. The van der Waals surface area contributed by atoms with Crippen LogP contribution in [0.1, 0.15) is 25.7 Å². The molecule has 0 bridgehead atoms. The van der Waals surface area contributed by atoms with Crippen LogP contribution in [-0.2, 0) is 9.59 Å². The Kier molecular flexibility index (Phi) is 4.11. The van der Waals surface area contributed by atoms with Crippen molar-refractivity contribution in [2.24, 2.45) is 0 Å². The topological polar surface area (TPSA) is 46.2 Å². The van der Waals surface area contributed by atoms with Gasteiger partial charge in [-0.05, 0) is 30.9 Å². The van der Waals surface area contributed by atoms with Crippen LogP contribution in [-0.4, -0.2) is 19.1 Å². The highest BCUT2D eigenvalue weighted by Gasteiger charge is 2.17. The summed E-state index contributed by atoms with van der Waals surface area (Å²) in [5.41, 5.74) is 1.52. The maximum atomic E-state index is 11.6. The zero-order chi connectivity index (χ0) is 10.4. The van der Waals surface area contributed by atoms with Crippen LogP contribution in [0.25, 0.3) is 0 Å². The van der Waals surface area contributed by atoms with Crippen LogP contribution < -0.4 is 5.32 Å². The number of carbonyl (C=O) groups is 2. The lowest BCUT2D eigenvalue weighted by Gasteiger charge is -2.05. The van der Waals surface area contributed by atoms with Crippen LogP contribution in [0.5, 0.6) is 0 Å². The minimum absolute atomic E-state index is 0.130. The number of carbonyl (C=O) groups excluding carboxylic acids is 2. The molecule has 0 aromatic carbocycles. The highest BCUT2D eigenvalue weighted by atomic mass is 16.1. The number of Topliss-reactive ketones (excluding diaryl/α,β-unsaturated/α-hetero) is 1. The van der Waals surface area contributed by atoms with Crippen molar-refractivity contribution >= 4 is 12.1 Å². The molecule has 1 rings (SSSR count). The lowest BCUT2D eigenvalue weighted by atomic mass is 10.0. The highest BCUT2D eigenvalue weighted by Crippen LogP contribution is 2.24. The summed E-state index contributed by atoms with van der Waals surface area (Å²) in [6, 6.07) is 0. The second-order valence-corrected chi connectivity index (χ2v) is 3.30. The minimum atomic E-state index is 0.130. The van der Waals surface area contributed by atoms with Gasteiger partial charge in [-0.1, -0.05) is 0 Å². The minimum Gasteiger partial charge on any atom is -0.393 e. The third kappa shape index (κ3) is 2.55. The van der Waals surface area contributed by atoms with Crippen molar-refractivity contribution in [2.75, 3.05) is 7.05 Å². The fraction of sp³-hybridized carbons (Fsp3) is 0.455. The van der Waals surface area contributed by atoms with Gasteiger partial charge in [0.2, 0.25) is 0 Å². The first-order chi connectivity index (χ1) is 6.79. The molecule has 0 aliphatic heterocycles. The fourth-order valence-electron chi connectivity index (χ4n) is 1.62. The first-order valence-corrected chi connectivity index (χ1v) is 4.85. The van der Waals surface area contributed by atoms with E-state index >= 15 is 0 Å². The normalized spacial score (nSPS) is 23.6. The van der Waals surface area contributed by atoms with E-state index in [4.69, 9.17) is 0 Å². The molecule has 0 aromatic rings. The molecule has 14 heavy (non-hydrogen) atoms. The number of hydrogen-bond acceptors (Lipinski definition) is 3. The summed E-state index contributed by atoms with van der Waals surface area (Å²) in [4.78, 5) is 22.0. The molecule has 1 N–H and O–H groups in total. The van der Waals surface area contributed by atoms with Gasteiger partial charge in [0.25, 0.3) is 0 Å². The maximum Gasteiger partial charge on any atom is 0.164 e. The summed E-state index contributed by atoms with van der Waals surface area (Å²) in [6.07, 6.45) is 7.22. The average Bonchev–Trinajstić information content (AvgIpc) is 2.33. The van der Waals surface area contributed by atoms with Crippen LogP contribution in [0.2, 0.25) is 0 Å². The van der Waals surface area contributed by atoms with E-state index in [1.807, 2.05) is 0 Å². The van der Waals surface area contributed by atoms with Gasteiger partial charge in [0.1, 0.15) is 6.29 Å². The van der Waals surface area contributed by atoms with Crippen LogP contribution in [0.15, 0.2) is 23.4 Å². The van der Waals surface area contributed by atoms with E-state index in [-0.39, 0.29) is 5.78 Å². The molecule has 0 saturated heterocycles. The molecule has 1 aliphatic rings. The second kappa shape index (κ2) is 5.37. The molecule has 0 radical (unpaired) electrons. The van der Waals surface area contributed by atoms with Gasteiger partial charge in [0.15, 0.2) is 5.78 Å². The zero-order valence-corrected chi connectivity index (χ0v) is 8.38. The van der Waals surface area contributed by atoms with E-state index in [9.17, 15) is 9.59 Å². The number of rotatable bonds is 2. The van der Waals surface area contributed by atoms with E-state index < -0.39 is 0 Å². The molecule has 76 valence electrons.